The Hall–Kier alpha value is -2.73. The number of nitrogens with one attached hydrogen (secondary N) is 2. The molecule has 1 aliphatic carbocycles. The van der Waals surface area contributed by atoms with Gasteiger partial charge in [-0.05, 0) is 56.0 Å². The highest BCUT2D eigenvalue weighted by Gasteiger charge is 2.22. The Morgan fingerprint density at radius 3 is 2.45 bits per heavy atom. The highest BCUT2D eigenvalue weighted by atomic mass is 32.1. The summed E-state index contributed by atoms with van der Waals surface area (Å²) < 4.78 is 0.887. The summed E-state index contributed by atoms with van der Waals surface area (Å²) >= 11 is 1.41. The number of rotatable bonds is 4. The van der Waals surface area contributed by atoms with E-state index in [1.165, 1.54) is 17.8 Å². The average Bonchev–Trinajstić information content (AvgIpc) is 3.12. The van der Waals surface area contributed by atoms with Gasteiger partial charge in [0.05, 0.1) is 10.2 Å². The molecule has 0 unspecified atom stereocenters. The summed E-state index contributed by atoms with van der Waals surface area (Å²) in [7, 11) is 0. The minimum absolute atomic E-state index is 0.0664. The molecule has 1 aromatic heterocycles. The lowest BCUT2D eigenvalue weighted by Crippen LogP contribution is -2.24. The van der Waals surface area contributed by atoms with Crippen molar-refractivity contribution in [3.8, 4) is 0 Å². The molecule has 0 atom stereocenters. The number of nitrogens with zero attached hydrogens (tertiary/aromatic N) is 1. The molecule has 0 radical (unpaired) electrons. The highest BCUT2D eigenvalue weighted by Crippen LogP contribution is 2.30. The van der Waals surface area contributed by atoms with Crippen LogP contribution in [0.3, 0.4) is 0 Å². The molecule has 1 heterocycles. The molecule has 6 heteroatoms. The number of fused-ring (bicyclic) bond motifs is 1. The fourth-order valence-corrected chi connectivity index (χ4v) is 4.80. The van der Waals surface area contributed by atoms with Crippen molar-refractivity contribution >= 4 is 44.2 Å². The topological polar surface area (TPSA) is 71.1 Å². The molecule has 2 amide bonds. The molecular weight excluding hydrogens is 382 g/mol. The second-order valence-corrected chi connectivity index (χ2v) is 8.78. The predicted molar refractivity (Wildman–Crippen MR) is 119 cm³/mol. The normalized spacial score (nSPS) is 14.7. The third-order valence-corrected chi connectivity index (χ3v) is 6.51. The Balaban J connectivity index is 1.50. The summed E-state index contributed by atoms with van der Waals surface area (Å²) in [6.45, 7) is 3.96. The molecule has 1 aliphatic rings. The van der Waals surface area contributed by atoms with Crippen LogP contribution in [0, 0.1) is 19.8 Å². The van der Waals surface area contributed by atoms with Crippen LogP contribution < -0.4 is 10.6 Å². The van der Waals surface area contributed by atoms with Crippen molar-refractivity contribution in [2.45, 2.75) is 46.0 Å². The molecule has 0 spiro atoms. The van der Waals surface area contributed by atoms with E-state index in [-0.39, 0.29) is 17.7 Å². The molecular formula is C23H25N3O2S. The molecule has 3 aromatic rings. The van der Waals surface area contributed by atoms with E-state index in [1.54, 1.807) is 6.07 Å². The van der Waals surface area contributed by atoms with Crippen LogP contribution >= 0.6 is 11.3 Å². The minimum atomic E-state index is -0.148. The Morgan fingerprint density at radius 2 is 1.72 bits per heavy atom. The maximum Gasteiger partial charge on any atom is 0.255 e. The molecule has 1 saturated carbocycles. The highest BCUT2D eigenvalue weighted by molar-refractivity contribution is 7.22. The zero-order valence-corrected chi connectivity index (χ0v) is 17.6. The number of carbonyl (C=O) groups excluding carboxylic acids is 2. The van der Waals surface area contributed by atoms with Gasteiger partial charge in [-0.15, -0.1) is 0 Å². The van der Waals surface area contributed by atoms with Gasteiger partial charge in [0, 0.05) is 17.2 Å². The summed E-state index contributed by atoms with van der Waals surface area (Å²) in [6.07, 6.45) is 5.38. The van der Waals surface area contributed by atoms with E-state index in [0.29, 0.717) is 10.7 Å². The molecule has 2 N–H and O–H groups in total. The van der Waals surface area contributed by atoms with E-state index in [2.05, 4.69) is 15.6 Å². The van der Waals surface area contributed by atoms with E-state index in [4.69, 9.17) is 0 Å². The third kappa shape index (κ3) is 4.32. The van der Waals surface area contributed by atoms with Crippen molar-refractivity contribution < 1.29 is 9.59 Å². The number of anilines is 2. The Morgan fingerprint density at radius 1 is 1.00 bits per heavy atom. The first-order valence-electron chi connectivity index (χ1n) is 10.1. The van der Waals surface area contributed by atoms with Crippen molar-refractivity contribution in [2.75, 3.05) is 10.6 Å². The second kappa shape index (κ2) is 8.33. The van der Waals surface area contributed by atoms with Crippen LogP contribution in [0.1, 0.15) is 53.6 Å². The van der Waals surface area contributed by atoms with Gasteiger partial charge in [-0.2, -0.15) is 0 Å². The van der Waals surface area contributed by atoms with Gasteiger partial charge in [0.25, 0.3) is 5.91 Å². The zero-order chi connectivity index (χ0) is 20.4. The molecule has 2 aromatic carbocycles. The number of benzene rings is 2. The van der Waals surface area contributed by atoms with Gasteiger partial charge in [0.2, 0.25) is 5.91 Å². The van der Waals surface area contributed by atoms with Crippen LogP contribution in [-0.4, -0.2) is 16.8 Å². The number of hydrogen-bond donors (Lipinski definition) is 2. The first-order valence-corrected chi connectivity index (χ1v) is 10.9. The Bertz CT molecular complexity index is 1050. The van der Waals surface area contributed by atoms with Crippen LogP contribution in [0.5, 0.6) is 0 Å². The van der Waals surface area contributed by atoms with Crippen molar-refractivity contribution in [3.05, 3.63) is 53.1 Å². The van der Waals surface area contributed by atoms with E-state index in [1.807, 2.05) is 44.2 Å². The van der Waals surface area contributed by atoms with Gasteiger partial charge >= 0.3 is 0 Å². The molecule has 0 aliphatic heterocycles. The van der Waals surface area contributed by atoms with Crippen LogP contribution in [0.4, 0.5) is 10.8 Å². The Labute approximate surface area is 174 Å². The lowest BCUT2D eigenvalue weighted by molar-refractivity contribution is -0.120. The zero-order valence-electron chi connectivity index (χ0n) is 16.7. The lowest BCUT2D eigenvalue weighted by atomic mass is 9.89. The van der Waals surface area contributed by atoms with Gasteiger partial charge < -0.3 is 10.6 Å². The SMILES string of the molecule is Cc1cccc(C)c1NC(=O)c1ccc2nc(NC(=O)C3CCCCC3)sc2c1. The predicted octanol–water partition coefficient (Wildman–Crippen LogP) is 5.68. The summed E-state index contributed by atoms with van der Waals surface area (Å²) in [4.78, 5) is 29.7. The fourth-order valence-electron chi connectivity index (χ4n) is 3.89. The van der Waals surface area contributed by atoms with Crippen molar-refractivity contribution in [1.82, 2.24) is 4.98 Å². The molecule has 5 nitrogen and oxygen atoms in total. The van der Waals surface area contributed by atoms with Crippen molar-refractivity contribution in [2.24, 2.45) is 5.92 Å². The number of aryl methyl sites for hydroxylation is 2. The lowest BCUT2D eigenvalue weighted by Gasteiger charge is -2.19. The molecule has 1 fully saturated rings. The van der Waals surface area contributed by atoms with Gasteiger partial charge in [0.15, 0.2) is 5.13 Å². The maximum atomic E-state index is 12.8. The van der Waals surface area contributed by atoms with Crippen LogP contribution in [0.25, 0.3) is 10.2 Å². The average molecular weight is 408 g/mol. The summed E-state index contributed by atoms with van der Waals surface area (Å²) in [5.41, 5.74) is 4.28. The number of para-hydroxylation sites is 1. The van der Waals surface area contributed by atoms with Crippen LogP contribution in [0.15, 0.2) is 36.4 Å². The van der Waals surface area contributed by atoms with E-state index < -0.39 is 0 Å². The molecule has 4 rings (SSSR count). The summed E-state index contributed by atoms with van der Waals surface area (Å²) in [5, 5.41) is 6.59. The first kappa shape index (κ1) is 19.6. The molecule has 0 saturated heterocycles. The Kier molecular flexibility index (Phi) is 5.62. The largest absolute Gasteiger partial charge is 0.322 e. The number of carbonyl (C=O) groups is 2. The van der Waals surface area contributed by atoms with E-state index in [0.717, 1.165) is 52.7 Å². The van der Waals surface area contributed by atoms with Gasteiger partial charge in [-0.1, -0.05) is 48.8 Å². The fraction of sp³-hybridized carbons (Fsp3) is 0.348. The van der Waals surface area contributed by atoms with Gasteiger partial charge in [-0.3, -0.25) is 9.59 Å². The smallest absolute Gasteiger partial charge is 0.255 e. The van der Waals surface area contributed by atoms with Crippen LogP contribution in [0.2, 0.25) is 0 Å². The molecule has 29 heavy (non-hydrogen) atoms. The molecule has 0 bridgehead atoms. The van der Waals surface area contributed by atoms with Crippen LogP contribution in [-0.2, 0) is 4.79 Å². The van der Waals surface area contributed by atoms with Crippen molar-refractivity contribution in [1.29, 1.82) is 0 Å². The number of thiazole rings is 1. The van der Waals surface area contributed by atoms with E-state index >= 15 is 0 Å². The first-order chi connectivity index (χ1) is 14.0. The number of aromatic nitrogens is 1. The third-order valence-electron chi connectivity index (χ3n) is 5.58. The van der Waals surface area contributed by atoms with Gasteiger partial charge in [-0.25, -0.2) is 4.98 Å². The number of amides is 2. The second-order valence-electron chi connectivity index (χ2n) is 7.75. The van der Waals surface area contributed by atoms with E-state index in [9.17, 15) is 9.59 Å². The summed E-state index contributed by atoms with van der Waals surface area (Å²) in [5.74, 6) is 0.0108. The van der Waals surface area contributed by atoms with Gasteiger partial charge in [0.1, 0.15) is 0 Å². The monoisotopic (exact) mass is 407 g/mol. The van der Waals surface area contributed by atoms with Crippen molar-refractivity contribution in [3.63, 3.8) is 0 Å². The number of hydrogen-bond acceptors (Lipinski definition) is 4. The summed E-state index contributed by atoms with van der Waals surface area (Å²) in [6, 6.07) is 11.4. The minimum Gasteiger partial charge on any atom is -0.322 e. The maximum absolute atomic E-state index is 12.8. The molecule has 150 valence electrons. The standard InChI is InChI=1S/C23H25N3O2S/c1-14-7-6-8-15(2)20(14)25-22(28)17-11-12-18-19(13-17)29-23(24-18)26-21(27)16-9-4-3-5-10-16/h6-8,11-13,16H,3-5,9-10H2,1-2H3,(H,25,28)(H,24,26,27). The quantitative estimate of drug-likeness (QED) is 0.584.